The van der Waals surface area contributed by atoms with Gasteiger partial charge in [0.1, 0.15) is 21.9 Å². The number of nitrogens with zero attached hydrogens (tertiary/aromatic N) is 1. The number of hydrogen-bond acceptors (Lipinski definition) is 8. The predicted molar refractivity (Wildman–Crippen MR) is 162 cm³/mol. The van der Waals surface area contributed by atoms with E-state index in [1.165, 1.54) is 36.4 Å². The monoisotopic (exact) mass is 686 g/mol. The molecule has 5 rings (SSSR count). The summed E-state index contributed by atoms with van der Waals surface area (Å²) in [5, 5.41) is 11.9. The van der Waals surface area contributed by atoms with E-state index >= 15 is 0 Å². The van der Waals surface area contributed by atoms with Crippen LogP contribution in [0.2, 0.25) is 10.0 Å². The number of anilines is 1. The molecule has 2 saturated carbocycles. The van der Waals surface area contributed by atoms with Gasteiger partial charge in [0.05, 0.1) is 30.7 Å². The molecule has 0 spiro atoms. The number of benzene rings is 2. The Labute approximate surface area is 268 Å². The molecule has 1 aromatic heterocycles. The first-order valence-electron chi connectivity index (χ1n) is 14.1. The van der Waals surface area contributed by atoms with E-state index in [0.717, 1.165) is 44.3 Å². The van der Waals surface area contributed by atoms with Crippen LogP contribution in [0.5, 0.6) is 17.2 Å². The number of pyridine rings is 1. The van der Waals surface area contributed by atoms with E-state index in [-0.39, 0.29) is 45.0 Å². The van der Waals surface area contributed by atoms with E-state index in [4.69, 9.17) is 37.4 Å². The zero-order valence-corrected chi connectivity index (χ0v) is 26.3. The molecule has 2 fully saturated rings. The Morgan fingerprint density at radius 1 is 0.978 bits per heavy atom. The number of carbonyl (C=O) groups excluding carboxylic acids is 1. The summed E-state index contributed by atoms with van der Waals surface area (Å²) in [7, 11) is -3.64. The molecule has 0 unspecified atom stereocenters. The lowest BCUT2D eigenvalue weighted by Crippen LogP contribution is -2.25. The smallest absolute Gasteiger partial charge is 0.387 e. The minimum Gasteiger partial charge on any atom is -0.619 e. The normalized spacial score (nSPS) is 15.4. The Morgan fingerprint density at radius 2 is 1.60 bits per heavy atom. The second-order valence-corrected chi connectivity index (χ2v) is 13.6. The summed E-state index contributed by atoms with van der Waals surface area (Å²) in [6.45, 7) is -2.45. The number of nitrogens with one attached hydrogen (secondary N) is 1. The first-order chi connectivity index (χ1) is 21.3. The van der Waals surface area contributed by atoms with Crippen molar-refractivity contribution in [3.05, 3.63) is 80.7 Å². The molecule has 1 heterocycles. The number of halogens is 4. The Balaban J connectivity index is 1.47. The van der Waals surface area contributed by atoms with E-state index < -0.39 is 28.7 Å². The van der Waals surface area contributed by atoms with Crippen LogP contribution in [0.15, 0.2) is 48.8 Å². The van der Waals surface area contributed by atoms with Crippen LogP contribution >= 0.6 is 23.2 Å². The van der Waals surface area contributed by atoms with Crippen molar-refractivity contribution in [3.8, 4) is 17.2 Å². The Hall–Kier alpha value is -3.55. The van der Waals surface area contributed by atoms with Crippen LogP contribution in [0.3, 0.4) is 0 Å². The molecule has 1 atom stereocenters. The molecule has 3 aromatic rings. The average Bonchev–Trinajstić information content (AvgIpc) is 3.88. The third-order valence-corrected chi connectivity index (χ3v) is 8.35. The van der Waals surface area contributed by atoms with Crippen LogP contribution in [-0.2, 0) is 21.2 Å². The molecule has 10 nitrogen and oxygen atoms in total. The van der Waals surface area contributed by atoms with E-state index in [1.807, 2.05) is 0 Å². The van der Waals surface area contributed by atoms with Crippen LogP contribution < -0.4 is 23.7 Å². The van der Waals surface area contributed by atoms with E-state index in [1.54, 1.807) is 0 Å². The van der Waals surface area contributed by atoms with Gasteiger partial charge in [0.15, 0.2) is 23.9 Å². The number of rotatable bonds is 15. The fraction of sp³-hybridized carbons (Fsp3) is 0.400. The second-order valence-electron chi connectivity index (χ2n) is 11.1. The van der Waals surface area contributed by atoms with Crippen LogP contribution in [0.25, 0.3) is 0 Å². The summed E-state index contributed by atoms with van der Waals surface area (Å²) in [6.07, 6.45) is 5.90. The molecule has 0 radical (unpaired) electrons. The zero-order chi connectivity index (χ0) is 32.3. The SMILES string of the molecule is CS(=O)(=O)Nc1ccc(C(=O)O[C@H](Cc2c(Cl)c[n+]([O-])cc2Cl)c2ccc(OC(F)F)c(OCC3CC3)c2)cc1OCC1CC1. The molecule has 0 aliphatic heterocycles. The molecule has 2 aliphatic rings. The maximum absolute atomic E-state index is 13.6. The van der Waals surface area contributed by atoms with Gasteiger partial charge in [-0.1, -0.05) is 29.3 Å². The quantitative estimate of drug-likeness (QED) is 0.112. The Kier molecular flexibility index (Phi) is 10.1. The van der Waals surface area contributed by atoms with Gasteiger partial charge in [-0.25, -0.2) is 13.2 Å². The van der Waals surface area contributed by atoms with E-state index in [9.17, 15) is 27.2 Å². The van der Waals surface area contributed by atoms with Crippen LogP contribution in [0, 0.1) is 17.0 Å². The number of hydrogen-bond donors (Lipinski definition) is 1. The van der Waals surface area contributed by atoms with Gasteiger partial charge in [-0.05, 0) is 73.4 Å². The van der Waals surface area contributed by atoms with Gasteiger partial charge in [-0.3, -0.25) is 4.72 Å². The second kappa shape index (κ2) is 13.8. The largest absolute Gasteiger partial charge is 0.619 e. The number of carbonyl (C=O) groups is 1. The third-order valence-electron chi connectivity index (χ3n) is 7.11. The van der Waals surface area contributed by atoms with Gasteiger partial charge >= 0.3 is 12.6 Å². The topological polar surface area (TPSA) is 127 Å². The van der Waals surface area contributed by atoms with Crippen LogP contribution in [0.4, 0.5) is 14.5 Å². The highest BCUT2D eigenvalue weighted by molar-refractivity contribution is 7.92. The van der Waals surface area contributed by atoms with Gasteiger partial charge in [0.2, 0.25) is 10.0 Å². The number of alkyl halides is 2. The van der Waals surface area contributed by atoms with Gasteiger partial charge in [0.25, 0.3) is 0 Å². The standard InChI is InChI=1S/C30H30Cl2F2N2O8S/c1-45(39,40)35-24-8-6-20(11-27(24)41-15-17-2-3-17)29(37)43-26(12-21-22(31)13-36(38)14-23(21)32)19-7-9-25(44-30(33)34)28(10-19)42-16-18-4-5-18/h6-11,13-14,17-18,26,30,35H,2-5,12,15-16H2,1H3/t26-/m1/s1. The highest BCUT2D eigenvalue weighted by Crippen LogP contribution is 2.39. The molecule has 242 valence electrons. The van der Waals surface area contributed by atoms with Crippen LogP contribution in [-0.4, -0.2) is 40.5 Å². The first-order valence-corrected chi connectivity index (χ1v) is 16.7. The summed E-state index contributed by atoms with van der Waals surface area (Å²) >= 11 is 12.7. The van der Waals surface area contributed by atoms with Crippen LogP contribution in [0.1, 0.15) is 53.3 Å². The average molecular weight is 688 g/mol. The molecular weight excluding hydrogens is 657 g/mol. The van der Waals surface area contributed by atoms with Crippen molar-refractivity contribution >= 4 is 44.9 Å². The van der Waals surface area contributed by atoms with Crippen molar-refractivity contribution in [1.29, 1.82) is 0 Å². The summed E-state index contributed by atoms with van der Waals surface area (Å²) in [5.41, 5.74) is 0.863. The molecule has 1 N–H and O–H groups in total. The molecule has 45 heavy (non-hydrogen) atoms. The number of sulfonamides is 1. The minimum atomic E-state index is -3.64. The maximum Gasteiger partial charge on any atom is 0.387 e. The fourth-order valence-corrected chi connectivity index (χ4v) is 5.57. The van der Waals surface area contributed by atoms with Gasteiger partial charge in [-0.2, -0.15) is 13.5 Å². The van der Waals surface area contributed by atoms with Gasteiger partial charge in [-0.15, -0.1) is 0 Å². The van der Waals surface area contributed by atoms with Crippen molar-refractivity contribution in [2.75, 3.05) is 24.2 Å². The van der Waals surface area contributed by atoms with E-state index in [0.29, 0.717) is 40.9 Å². The van der Waals surface area contributed by atoms with Crippen molar-refractivity contribution < 1.29 is 45.7 Å². The molecular formula is C30H30Cl2F2N2O8S. The highest BCUT2D eigenvalue weighted by Gasteiger charge is 2.28. The lowest BCUT2D eigenvalue weighted by atomic mass is 10.0. The number of esters is 1. The molecule has 2 aromatic carbocycles. The first kappa shape index (κ1) is 32.8. The highest BCUT2D eigenvalue weighted by atomic mass is 35.5. The van der Waals surface area contributed by atoms with Crippen molar-refractivity contribution in [3.63, 3.8) is 0 Å². The predicted octanol–water partition coefficient (Wildman–Crippen LogP) is 6.32. The molecule has 0 amide bonds. The minimum absolute atomic E-state index is 0.0216. The Bertz CT molecular complexity index is 1650. The molecule has 2 aliphatic carbocycles. The fourth-order valence-electron chi connectivity index (χ4n) is 4.40. The van der Waals surface area contributed by atoms with Gasteiger partial charge < -0.3 is 24.2 Å². The summed E-state index contributed by atoms with van der Waals surface area (Å²) in [6, 6.07) is 8.33. The zero-order valence-electron chi connectivity index (χ0n) is 24.0. The third kappa shape index (κ3) is 9.47. The maximum atomic E-state index is 13.6. The van der Waals surface area contributed by atoms with E-state index in [2.05, 4.69) is 9.46 Å². The van der Waals surface area contributed by atoms with Crippen molar-refractivity contribution in [2.45, 2.75) is 44.8 Å². The molecule has 0 bridgehead atoms. The summed E-state index contributed by atoms with van der Waals surface area (Å²) in [4.78, 5) is 13.6. The van der Waals surface area contributed by atoms with Gasteiger partial charge in [0, 0.05) is 12.0 Å². The lowest BCUT2D eigenvalue weighted by Gasteiger charge is -2.22. The number of aromatic nitrogens is 1. The number of ether oxygens (including phenoxy) is 4. The Morgan fingerprint density at radius 3 is 2.18 bits per heavy atom. The lowest BCUT2D eigenvalue weighted by molar-refractivity contribution is -0.605. The van der Waals surface area contributed by atoms with Crippen molar-refractivity contribution in [1.82, 2.24) is 0 Å². The van der Waals surface area contributed by atoms with Crippen molar-refractivity contribution in [2.24, 2.45) is 11.8 Å². The molecule has 0 saturated heterocycles. The summed E-state index contributed by atoms with van der Waals surface area (Å²) < 4.78 is 75.2. The summed E-state index contributed by atoms with van der Waals surface area (Å²) in [5.74, 6) is -0.157. The molecule has 15 heteroatoms.